The van der Waals surface area contributed by atoms with Crippen molar-refractivity contribution >= 4 is 11.9 Å². The molecule has 1 amide bonds. The van der Waals surface area contributed by atoms with Gasteiger partial charge in [0.1, 0.15) is 0 Å². The van der Waals surface area contributed by atoms with Crippen molar-refractivity contribution in [1.82, 2.24) is 4.90 Å². The normalized spacial score (nSPS) is 19.1. The Labute approximate surface area is 159 Å². The van der Waals surface area contributed by atoms with Gasteiger partial charge in [0, 0.05) is 12.1 Å². The molecule has 0 aliphatic carbocycles. The molecule has 0 bridgehead atoms. The summed E-state index contributed by atoms with van der Waals surface area (Å²) < 4.78 is 4.78. The molecule has 3 rings (SSSR count). The van der Waals surface area contributed by atoms with E-state index >= 15 is 0 Å². The number of aliphatic hydroxyl groups excluding tert-OH is 1. The Bertz CT molecular complexity index is 815. The average molecular weight is 367 g/mol. The molecule has 0 aromatic heterocycles. The molecule has 5 heteroatoms. The lowest BCUT2D eigenvalue weighted by atomic mass is 9.97. The summed E-state index contributed by atoms with van der Waals surface area (Å²) in [6, 6.07) is 14.6. The summed E-state index contributed by atoms with van der Waals surface area (Å²) in [7, 11) is 1.27. The van der Waals surface area contributed by atoms with Crippen LogP contribution in [-0.2, 0) is 16.0 Å². The van der Waals surface area contributed by atoms with Gasteiger partial charge in [-0.1, -0.05) is 55.8 Å². The van der Waals surface area contributed by atoms with Crippen molar-refractivity contribution in [3.05, 3.63) is 59.7 Å². The fraction of sp³-hybridized carbons (Fsp3) is 0.364. The molecule has 2 atom stereocenters. The molecule has 0 spiro atoms. The minimum Gasteiger partial charge on any atom is -0.467 e. The zero-order valence-corrected chi connectivity index (χ0v) is 15.7. The number of carbonyl (C=O) groups is 2. The monoisotopic (exact) mass is 367 g/mol. The lowest BCUT2D eigenvalue weighted by molar-refractivity contribution is -0.147. The number of esters is 1. The summed E-state index contributed by atoms with van der Waals surface area (Å²) in [5.41, 5.74) is 3.55. The first kappa shape index (κ1) is 19.1. The zero-order valence-electron chi connectivity index (χ0n) is 15.7. The molecule has 1 heterocycles. The van der Waals surface area contributed by atoms with Crippen LogP contribution in [0.5, 0.6) is 0 Å². The Balaban J connectivity index is 1.93. The number of rotatable bonds is 5. The molecule has 1 aliphatic heterocycles. The predicted molar refractivity (Wildman–Crippen MR) is 103 cm³/mol. The summed E-state index contributed by atoms with van der Waals surface area (Å²) in [4.78, 5) is 26.7. The van der Waals surface area contributed by atoms with E-state index in [1.807, 2.05) is 30.3 Å². The van der Waals surface area contributed by atoms with Crippen LogP contribution in [0.25, 0.3) is 11.1 Å². The molecule has 1 N–H and O–H groups in total. The maximum atomic E-state index is 13.2. The lowest BCUT2D eigenvalue weighted by Gasteiger charge is -2.25. The molecule has 0 radical (unpaired) electrons. The van der Waals surface area contributed by atoms with E-state index in [2.05, 4.69) is 19.1 Å². The summed E-state index contributed by atoms with van der Waals surface area (Å²) in [5, 5.41) is 10.1. The van der Waals surface area contributed by atoms with E-state index < -0.39 is 18.1 Å². The van der Waals surface area contributed by atoms with Gasteiger partial charge in [-0.25, -0.2) is 4.79 Å². The van der Waals surface area contributed by atoms with Crippen LogP contribution in [-0.4, -0.2) is 47.7 Å². The Morgan fingerprint density at radius 3 is 2.52 bits per heavy atom. The fourth-order valence-electron chi connectivity index (χ4n) is 3.62. The number of nitrogens with zero attached hydrogens (tertiary/aromatic N) is 1. The Kier molecular flexibility index (Phi) is 5.91. The maximum Gasteiger partial charge on any atom is 0.331 e. The van der Waals surface area contributed by atoms with Crippen LogP contribution in [0, 0.1) is 0 Å². The number of aryl methyl sites for hydroxylation is 1. The molecule has 142 valence electrons. The molecule has 0 unspecified atom stereocenters. The number of hydrogen-bond donors (Lipinski definition) is 1. The highest BCUT2D eigenvalue weighted by atomic mass is 16.5. The highest BCUT2D eigenvalue weighted by molar-refractivity contribution is 6.02. The number of amides is 1. The van der Waals surface area contributed by atoms with Crippen molar-refractivity contribution in [1.29, 1.82) is 0 Å². The van der Waals surface area contributed by atoms with Crippen molar-refractivity contribution in [2.24, 2.45) is 0 Å². The van der Waals surface area contributed by atoms with Crippen molar-refractivity contribution in [2.75, 3.05) is 13.7 Å². The van der Waals surface area contributed by atoms with Gasteiger partial charge < -0.3 is 14.7 Å². The van der Waals surface area contributed by atoms with Crippen LogP contribution in [0.1, 0.15) is 35.7 Å². The molecular formula is C22H25NO4. The van der Waals surface area contributed by atoms with E-state index in [9.17, 15) is 14.7 Å². The minimum atomic E-state index is -0.956. The smallest absolute Gasteiger partial charge is 0.331 e. The molecule has 5 nitrogen and oxygen atoms in total. The number of aliphatic hydroxyl groups is 1. The van der Waals surface area contributed by atoms with Crippen molar-refractivity contribution in [2.45, 2.75) is 38.3 Å². The maximum absolute atomic E-state index is 13.2. The van der Waals surface area contributed by atoms with Gasteiger partial charge >= 0.3 is 5.97 Å². The fourth-order valence-corrected chi connectivity index (χ4v) is 3.62. The van der Waals surface area contributed by atoms with Crippen molar-refractivity contribution in [3.63, 3.8) is 0 Å². The Morgan fingerprint density at radius 1 is 1.15 bits per heavy atom. The van der Waals surface area contributed by atoms with E-state index in [4.69, 9.17) is 4.74 Å². The quantitative estimate of drug-likeness (QED) is 0.825. The van der Waals surface area contributed by atoms with Crippen LogP contribution in [0.3, 0.4) is 0 Å². The van der Waals surface area contributed by atoms with Crippen LogP contribution in [0.2, 0.25) is 0 Å². The molecule has 27 heavy (non-hydrogen) atoms. The van der Waals surface area contributed by atoms with E-state index in [-0.39, 0.29) is 5.91 Å². The number of hydrogen-bond acceptors (Lipinski definition) is 4. The second kappa shape index (κ2) is 8.35. The van der Waals surface area contributed by atoms with E-state index in [1.165, 1.54) is 17.6 Å². The van der Waals surface area contributed by atoms with Gasteiger partial charge in [-0.05, 0) is 35.6 Å². The number of ether oxygens (including phenoxy) is 1. The topological polar surface area (TPSA) is 66.8 Å². The Morgan fingerprint density at radius 2 is 1.85 bits per heavy atom. The highest BCUT2D eigenvalue weighted by Crippen LogP contribution is 2.28. The number of benzene rings is 2. The first-order valence-electron chi connectivity index (χ1n) is 9.32. The standard InChI is InChI=1S/C22H25NO4/c1-3-6-15-9-11-16(12-10-15)17-7-4-5-8-18(17)21(25)23-14-13-19(24)20(23)22(26)27-2/h4-5,7-12,19-20,24H,3,6,13-14H2,1-2H3/t19-,20+/m1/s1. The SMILES string of the molecule is CCCc1ccc(-c2ccccc2C(=O)N2CC[C@@H](O)[C@H]2C(=O)OC)cc1. The van der Waals surface area contributed by atoms with Gasteiger partial charge in [0.25, 0.3) is 5.91 Å². The second-order valence-corrected chi connectivity index (χ2v) is 6.82. The molecule has 1 saturated heterocycles. The number of carbonyl (C=O) groups excluding carboxylic acids is 2. The van der Waals surface area contributed by atoms with E-state index in [1.54, 1.807) is 6.07 Å². The number of methoxy groups -OCH3 is 1. The summed E-state index contributed by atoms with van der Waals surface area (Å²) in [5.74, 6) is -0.857. The summed E-state index contributed by atoms with van der Waals surface area (Å²) in [6.45, 7) is 2.47. The van der Waals surface area contributed by atoms with Gasteiger partial charge in [0.2, 0.25) is 0 Å². The second-order valence-electron chi connectivity index (χ2n) is 6.82. The minimum absolute atomic E-state index is 0.268. The third-order valence-corrected chi connectivity index (χ3v) is 5.03. The third kappa shape index (κ3) is 3.88. The van der Waals surface area contributed by atoms with E-state index in [0.717, 1.165) is 24.0 Å². The van der Waals surface area contributed by atoms with Gasteiger partial charge in [-0.2, -0.15) is 0 Å². The summed E-state index contributed by atoms with van der Waals surface area (Å²) in [6.07, 6.45) is 1.56. The first-order valence-corrected chi connectivity index (χ1v) is 9.32. The molecular weight excluding hydrogens is 342 g/mol. The van der Waals surface area contributed by atoms with Gasteiger partial charge in [0.15, 0.2) is 6.04 Å². The van der Waals surface area contributed by atoms with Crippen LogP contribution < -0.4 is 0 Å². The summed E-state index contributed by atoms with van der Waals surface area (Å²) >= 11 is 0. The average Bonchev–Trinajstić information content (AvgIpc) is 3.09. The van der Waals surface area contributed by atoms with Gasteiger partial charge in [-0.3, -0.25) is 4.79 Å². The van der Waals surface area contributed by atoms with Crippen LogP contribution in [0.15, 0.2) is 48.5 Å². The largest absolute Gasteiger partial charge is 0.467 e. The molecule has 0 saturated carbocycles. The molecule has 1 fully saturated rings. The van der Waals surface area contributed by atoms with Gasteiger partial charge in [-0.15, -0.1) is 0 Å². The Hall–Kier alpha value is -2.66. The zero-order chi connectivity index (χ0) is 19.4. The first-order chi connectivity index (χ1) is 13.1. The molecule has 2 aromatic carbocycles. The number of likely N-dealkylation sites (tertiary alicyclic amines) is 1. The van der Waals surface area contributed by atoms with E-state index in [0.29, 0.717) is 18.5 Å². The lowest BCUT2D eigenvalue weighted by Crippen LogP contribution is -2.45. The van der Waals surface area contributed by atoms with Crippen LogP contribution >= 0.6 is 0 Å². The van der Waals surface area contributed by atoms with Gasteiger partial charge in [0.05, 0.1) is 13.2 Å². The third-order valence-electron chi connectivity index (χ3n) is 5.03. The molecule has 1 aliphatic rings. The highest BCUT2D eigenvalue weighted by Gasteiger charge is 2.42. The predicted octanol–water partition coefficient (Wildman–Crippen LogP) is 3.05. The van der Waals surface area contributed by atoms with Crippen molar-refractivity contribution in [3.8, 4) is 11.1 Å². The van der Waals surface area contributed by atoms with Crippen molar-refractivity contribution < 1.29 is 19.4 Å². The van der Waals surface area contributed by atoms with Crippen LogP contribution in [0.4, 0.5) is 0 Å². The molecule has 2 aromatic rings.